The zero-order chi connectivity index (χ0) is 13.1. The lowest BCUT2D eigenvalue weighted by Gasteiger charge is -2.07. The molecule has 6 nitrogen and oxygen atoms in total. The van der Waals surface area contributed by atoms with Gasteiger partial charge in [-0.15, -0.1) is 0 Å². The van der Waals surface area contributed by atoms with Crippen molar-refractivity contribution >= 4 is 17.8 Å². The van der Waals surface area contributed by atoms with E-state index >= 15 is 0 Å². The van der Waals surface area contributed by atoms with E-state index in [0.29, 0.717) is 19.4 Å². The number of hydrogen-bond donors (Lipinski definition) is 2. The smallest absolute Gasteiger partial charge is 0.330 e. The maximum Gasteiger partial charge on any atom is 0.330 e. The molecule has 0 aromatic heterocycles. The Labute approximate surface area is 100 Å². The van der Waals surface area contributed by atoms with Crippen molar-refractivity contribution < 1.29 is 19.1 Å². The molecule has 0 aromatic rings. The van der Waals surface area contributed by atoms with Gasteiger partial charge in [-0.25, -0.2) is 9.59 Å². The van der Waals surface area contributed by atoms with Crippen molar-refractivity contribution in [2.75, 3.05) is 19.7 Å². The molecule has 0 unspecified atom stereocenters. The molecule has 0 radical (unpaired) electrons. The molecule has 0 aromatic carbocycles. The number of rotatable bonds is 8. The average molecular weight is 242 g/mol. The summed E-state index contributed by atoms with van der Waals surface area (Å²) in [6.45, 7) is 5.52. The van der Waals surface area contributed by atoms with Crippen molar-refractivity contribution in [3.05, 3.63) is 12.7 Å². The summed E-state index contributed by atoms with van der Waals surface area (Å²) < 4.78 is 4.65. The number of hydrogen-bond acceptors (Lipinski definition) is 4. The molecule has 0 atom stereocenters. The number of nitrogens with one attached hydrogen (secondary N) is 2. The average Bonchev–Trinajstić information content (AvgIpc) is 2.29. The number of esters is 1. The molecule has 96 valence electrons. The highest BCUT2D eigenvalue weighted by atomic mass is 16.5. The molecule has 0 spiro atoms. The van der Waals surface area contributed by atoms with Gasteiger partial charge in [0.15, 0.2) is 0 Å². The number of carbonyl (C=O) groups is 3. The Morgan fingerprint density at radius 2 is 1.88 bits per heavy atom. The van der Waals surface area contributed by atoms with Crippen LogP contribution in [-0.4, -0.2) is 37.5 Å². The van der Waals surface area contributed by atoms with Gasteiger partial charge in [0.25, 0.3) is 0 Å². The highest BCUT2D eigenvalue weighted by molar-refractivity contribution is 5.81. The van der Waals surface area contributed by atoms with E-state index < -0.39 is 5.97 Å². The molecule has 0 aliphatic rings. The van der Waals surface area contributed by atoms with Crippen LogP contribution in [0.1, 0.15) is 19.8 Å². The van der Waals surface area contributed by atoms with Gasteiger partial charge in [-0.3, -0.25) is 0 Å². The quantitative estimate of drug-likeness (QED) is 0.366. The van der Waals surface area contributed by atoms with Crippen molar-refractivity contribution in [3.8, 4) is 0 Å². The Hall–Kier alpha value is -1.85. The normalized spacial score (nSPS) is 9.24. The maximum atomic E-state index is 11.1. The predicted octanol–water partition coefficient (Wildman–Crippen LogP) is 0.384. The van der Waals surface area contributed by atoms with Gasteiger partial charge in [0.05, 0.1) is 6.54 Å². The first kappa shape index (κ1) is 15.2. The minimum atomic E-state index is -0.520. The van der Waals surface area contributed by atoms with Gasteiger partial charge >= 0.3 is 12.0 Å². The van der Waals surface area contributed by atoms with Gasteiger partial charge in [-0.1, -0.05) is 6.58 Å². The molecule has 6 heteroatoms. The highest BCUT2D eigenvalue weighted by Crippen LogP contribution is 1.87. The van der Waals surface area contributed by atoms with Gasteiger partial charge in [0, 0.05) is 19.0 Å². The molecule has 0 saturated heterocycles. The monoisotopic (exact) mass is 242 g/mol. The van der Waals surface area contributed by atoms with Crippen molar-refractivity contribution in [3.63, 3.8) is 0 Å². The number of amides is 2. The Kier molecular flexibility index (Phi) is 8.36. The van der Waals surface area contributed by atoms with E-state index in [1.807, 2.05) is 0 Å². The first-order valence-corrected chi connectivity index (χ1v) is 5.36. The lowest BCUT2D eigenvalue weighted by atomic mass is 10.2. The van der Waals surface area contributed by atoms with E-state index in [1.165, 1.54) is 6.92 Å². The standard InChI is InChI=1S/C11H18N2O4/c1-3-10(15)17-8-7-13-11(16)12-6-4-5-9(2)14/h3H,1,4-8H2,2H3,(H2,12,13,16). The molecule has 0 rings (SSSR count). The van der Waals surface area contributed by atoms with E-state index in [2.05, 4.69) is 21.9 Å². The summed E-state index contributed by atoms with van der Waals surface area (Å²) in [7, 11) is 0. The third-order valence-corrected chi connectivity index (χ3v) is 1.79. The zero-order valence-electron chi connectivity index (χ0n) is 9.95. The molecule has 2 amide bonds. The summed E-state index contributed by atoms with van der Waals surface area (Å²) in [5.41, 5.74) is 0. The number of ketones is 1. The lowest BCUT2D eigenvalue weighted by Crippen LogP contribution is -2.38. The van der Waals surface area contributed by atoms with Crippen LogP contribution in [0.15, 0.2) is 12.7 Å². The predicted molar refractivity (Wildman–Crippen MR) is 62.5 cm³/mol. The van der Waals surface area contributed by atoms with Crippen LogP contribution in [0.2, 0.25) is 0 Å². The second-order valence-electron chi connectivity index (χ2n) is 3.36. The molecule has 0 heterocycles. The van der Waals surface area contributed by atoms with Gasteiger partial charge in [0.2, 0.25) is 0 Å². The number of urea groups is 1. The number of ether oxygens (including phenoxy) is 1. The first-order chi connectivity index (χ1) is 8.06. The van der Waals surface area contributed by atoms with Crippen LogP contribution in [0.3, 0.4) is 0 Å². The topological polar surface area (TPSA) is 84.5 Å². The molecule has 2 N–H and O–H groups in total. The van der Waals surface area contributed by atoms with Crippen molar-refractivity contribution in [1.82, 2.24) is 10.6 Å². The van der Waals surface area contributed by atoms with Crippen LogP contribution in [0.25, 0.3) is 0 Å². The third kappa shape index (κ3) is 10.4. The molecule has 17 heavy (non-hydrogen) atoms. The van der Waals surface area contributed by atoms with Gasteiger partial charge < -0.3 is 20.2 Å². The van der Waals surface area contributed by atoms with Crippen molar-refractivity contribution in [2.45, 2.75) is 19.8 Å². The lowest BCUT2D eigenvalue weighted by molar-refractivity contribution is -0.137. The Bertz CT molecular complexity index is 289. The Balaban J connectivity index is 3.37. The van der Waals surface area contributed by atoms with Crippen LogP contribution in [0.4, 0.5) is 4.79 Å². The molecular weight excluding hydrogens is 224 g/mol. The number of Topliss-reactive ketones (excluding diaryl/α,β-unsaturated/α-hetero) is 1. The maximum absolute atomic E-state index is 11.1. The fraction of sp³-hybridized carbons (Fsp3) is 0.545. The summed E-state index contributed by atoms with van der Waals surface area (Å²) in [6.07, 6.45) is 2.13. The molecule has 0 aliphatic heterocycles. The number of carbonyl (C=O) groups excluding carboxylic acids is 3. The molecule has 0 bridgehead atoms. The van der Waals surface area contributed by atoms with E-state index in [4.69, 9.17) is 0 Å². The van der Waals surface area contributed by atoms with Crippen LogP contribution < -0.4 is 10.6 Å². The van der Waals surface area contributed by atoms with Crippen LogP contribution in [0.5, 0.6) is 0 Å². The minimum Gasteiger partial charge on any atom is -0.461 e. The second kappa shape index (κ2) is 9.38. The molecule has 0 aliphatic carbocycles. The summed E-state index contributed by atoms with van der Waals surface area (Å²) >= 11 is 0. The van der Waals surface area contributed by atoms with E-state index in [1.54, 1.807) is 0 Å². The van der Waals surface area contributed by atoms with E-state index in [-0.39, 0.29) is 25.0 Å². The Morgan fingerprint density at radius 1 is 1.24 bits per heavy atom. The summed E-state index contributed by atoms with van der Waals surface area (Å²) in [5.74, 6) is -0.419. The van der Waals surface area contributed by atoms with E-state index in [0.717, 1.165) is 6.08 Å². The van der Waals surface area contributed by atoms with Crippen LogP contribution in [-0.2, 0) is 14.3 Å². The largest absolute Gasteiger partial charge is 0.461 e. The summed E-state index contributed by atoms with van der Waals surface area (Å²) in [4.78, 5) is 32.4. The fourth-order valence-electron chi connectivity index (χ4n) is 0.977. The van der Waals surface area contributed by atoms with Crippen molar-refractivity contribution in [1.29, 1.82) is 0 Å². The van der Waals surface area contributed by atoms with Gasteiger partial charge in [-0.2, -0.15) is 0 Å². The van der Waals surface area contributed by atoms with Crippen LogP contribution in [0, 0.1) is 0 Å². The summed E-state index contributed by atoms with van der Waals surface area (Å²) in [5, 5.41) is 5.08. The minimum absolute atomic E-state index is 0.101. The van der Waals surface area contributed by atoms with Gasteiger partial charge in [-0.05, 0) is 13.3 Å². The second-order valence-corrected chi connectivity index (χ2v) is 3.36. The Morgan fingerprint density at radius 3 is 2.47 bits per heavy atom. The van der Waals surface area contributed by atoms with E-state index in [9.17, 15) is 14.4 Å². The zero-order valence-corrected chi connectivity index (χ0v) is 9.95. The molecule has 0 fully saturated rings. The van der Waals surface area contributed by atoms with Gasteiger partial charge in [0.1, 0.15) is 12.4 Å². The SMILES string of the molecule is C=CC(=O)OCCNC(=O)NCCCC(C)=O. The third-order valence-electron chi connectivity index (χ3n) is 1.79. The first-order valence-electron chi connectivity index (χ1n) is 5.36. The highest BCUT2D eigenvalue weighted by Gasteiger charge is 2.00. The van der Waals surface area contributed by atoms with Crippen LogP contribution >= 0.6 is 0 Å². The van der Waals surface area contributed by atoms with Crippen molar-refractivity contribution in [2.24, 2.45) is 0 Å². The molecule has 0 saturated carbocycles. The molecular formula is C11H18N2O4. The fourth-order valence-corrected chi connectivity index (χ4v) is 0.977. The summed E-state index contributed by atoms with van der Waals surface area (Å²) in [6, 6.07) is -0.344.